The number of hydrogen-bond donors (Lipinski definition) is 3. The Labute approximate surface area is 97.9 Å². The Morgan fingerprint density at radius 2 is 2.25 bits per heavy atom. The van der Waals surface area contributed by atoms with Crippen LogP contribution in [0.1, 0.15) is 18.1 Å². The molecular weight excluding hydrogens is 228 g/mol. The van der Waals surface area contributed by atoms with Gasteiger partial charge >= 0.3 is 0 Å². The number of aliphatic hydroxyl groups is 2. The molecule has 2 aromatic rings. The van der Waals surface area contributed by atoms with Crippen molar-refractivity contribution in [2.45, 2.75) is 18.6 Å². The third-order valence-electron chi connectivity index (χ3n) is 2.57. The molecule has 16 heavy (non-hydrogen) atoms. The van der Waals surface area contributed by atoms with Gasteiger partial charge in [-0.25, -0.2) is 4.98 Å². The summed E-state index contributed by atoms with van der Waals surface area (Å²) in [5.41, 5.74) is 1.36. The number of aromatic amines is 1. The topological polar surface area (TPSA) is 69.1 Å². The number of halogens is 1. The summed E-state index contributed by atoms with van der Waals surface area (Å²) in [6, 6.07) is 3.64. The molecule has 0 aliphatic carbocycles. The number of aromatic nitrogens is 2. The predicted molar refractivity (Wildman–Crippen MR) is 62.4 cm³/mol. The summed E-state index contributed by atoms with van der Waals surface area (Å²) in [5.74, 6) is 0.318. The zero-order valence-electron chi connectivity index (χ0n) is 8.60. The molecule has 0 saturated carbocycles. The van der Waals surface area contributed by atoms with Crippen LogP contribution in [0.3, 0.4) is 0 Å². The minimum Gasteiger partial charge on any atom is -0.390 e. The average Bonchev–Trinajstić information content (AvgIpc) is 2.72. The lowest BCUT2D eigenvalue weighted by molar-refractivity contribution is 0.0178. The summed E-state index contributed by atoms with van der Waals surface area (Å²) >= 11 is 5.53. The van der Waals surface area contributed by atoms with Crippen molar-refractivity contribution in [1.29, 1.82) is 0 Å². The molecule has 0 fully saturated rings. The molecule has 0 aliphatic heterocycles. The molecular formula is C11H13ClN2O2. The number of nitrogens with one attached hydrogen (secondary N) is 1. The van der Waals surface area contributed by atoms with E-state index in [4.69, 9.17) is 11.6 Å². The van der Waals surface area contributed by atoms with Crippen molar-refractivity contribution < 1.29 is 10.2 Å². The second-order valence-electron chi connectivity index (χ2n) is 3.63. The van der Waals surface area contributed by atoms with Crippen molar-refractivity contribution in [3.8, 4) is 0 Å². The van der Waals surface area contributed by atoms with E-state index in [9.17, 15) is 10.2 Å². The molecule has 0 aromatic carbocycles. The number of fused-ring (bicyclic) bond motifs is 1. The quantitative estimate of drug-likeness (QED) is 0.711. The number of rotatable bonds is 4. The molecule has 2 unspecified atom stereocenters. The second-order valence-corrected chi connectivity index (χ2v) is 4.01. The summed E-state index contributed by atoms with van der Waals surface area (Å²) < 4.78 is 0. The van der Waals surface area contributed by atoms with Crippen LogP contribution in [0.5, 0.6) is 0 Å². The molecule has 0 saturated heterocycles. The summed E-state index contributed by atoms with van der Waals surface area (Å²) in [4.78, 5) is 7.07. The Morgan fingerprint density at radius 1 is 1.44 bits per heavy atom. The summed E-state index contributed by atoms with van der Waals surface area (Å²) in [6.45, 7) is 0. The van der Waals surface area contributed by atoms with Crippen molar-refractivity contribution in [2.75, 3.05) is 5.88 Å². The van der Waals surface area contributed by atoms with E-state index in [0.717, 1.165) is 5.39 Å². The van der Waals surface area contributed by atoms with Gasteiger partial charge in [-0.2, -0.15) is 0 Å². The number of aliphatic hydroxyl groups excluding tert-OH is 2. The van der Waals surface area contributed by atoms with E-state index < -0.39 is 12.2 Å². The third-order valence-corrected chi connectivity index (χ3v) is 2.79. The molecule has 5 heteroatoms. The monoisotopic (exact) mass is 240 g/mol. The molecule has 2 atom stereocenters. The number of alkyl halides is 1. The van der Waals surface area contributed by atoms with Gasteiger partial charge in [-0.05, 0) is 18.6 Å². The highest BCUT2D eigenvalue weighted by Crippen LogP contribution is 2.26. The fourth-order valence-corrected chi connectivity index (χ4v) is 1.92. The smallest absolute Gasteiger partial charge is 0.137 e. The van der Waals surface area contributed by atoms with Crippen molar-refractivity contribution >= 4 is 22.6 Å². The Kier molecular flexibility index (Phi) is 3.43. The number of H-pyrrole nitrogens is 1. The molecule has 2 heterocycles. The maximum atomic E-state index is 9.95. The van der Waals surface area contributed by atoms with Crippen LogP contribution in [0.15, 0.2) is 24.5 Å². The Bertz CT molecular complexity index is 472. The van der Waals surface area contributed by atoms with Crippen LogP contribution >= 0.6 is 11.6 Å². The van der Waals surface area contributed by atoms with E-state index in [1.165, 1.54) is 0 Å². The maximum Gasteiger partial charge on any atom is 0.137 e. The average molecular weight is 241 g/mol. The predicted octanol–water partition coefficient (Wildman–Crippen LogP) is 1.59. The summed E-state index contributed by atoms with van der Waals surface area (Å²) in [5, 5.41) is 20.5. The zero-order chi connectivity index (χ0) is 11.5. The molecule has 0 bridgehead atoms. The molecule has 0 aliphatic rings. The van der Waals surface area contributed by atoms with Crippen molar-refractivity contribution in [3.63, 3.8) is 0 Å². The highest BCUT2D eigenvalue weighted by molar-refractivity contribution is 6.17. The minimum atomic E-state index is -0.934. The normalized spacial score (nSPS) is 15.2. The molecule has 0 spiro atoms. The molecule has 0 radical (unpaired) electrons. The van der Waals surface area contributed by atoms with Gasteiger partial charge in [0.05, 0.1) is 6.10 Å². The van der Waals surface area contributed by atoms with Crippen LogP contribution in [-0.4, -0.2) is 32.2 Å². The number of hydrogen-bond acceptors (Lipinski definition) is 3. The lowest BCUT2D eigenvalue weighted by Crippen LogP contribution is -2.18. The van der Waals surface area contributed by atoms with Crippen LogP contribution in [0.2, 0.25) is 0 Å². The third kappa shape index (κ3) is 2.04. The van der Waals surface area contributed by atoms with Crippen LogP contribution in [0.4, 0.5) is 0 Å². The first-order chi connectivity index (χ1) is 7.74. The Morgan fingerprint density at radius 3 is 3.00 bits per heavy atom. The SMILES string of the molecule is OC(CCCl)C(O)c1c[nH]c2ncccc12. The summed E-state index contributed by atoms with van der Waals surface area (Å²) in [6.07, 6.45) is 1.91. The number of pyridine rings is 1. The van der Waals surface area contributed by atoms with E-state index in [1.54, 1.807) is 18.5 Å². The van der Waals surface area contributed by atoms with Crippen molar-refractivity contribution in [2.24, 2.45) is 0 Å². The van der Waals surface area contributed by atoms with Gasteiger partial charge in [0.2, 0.25) is 0 Å². The van der Waals surface area contributed by atoms with Crippen LogP contribution < -0.4 is 0 Å². The van der Waals surface area contributed by atoms with Gasteiger partial charge in [-0.3, -0.25) is 0 Å². The molecule has 2 aromatic heterocycles. The first-order valence-electron chi connectivity index (χ1n) is 5.08. The van der Waals surface area contributed by atoms with Gasteiger partial charge < -0.3 is 15.2 Å². The molecule has 3 N–H and O–H groups in total. The largest absolute Gasteiger partial charge is 0.390 e. The molecule has 0 amide bonds. The highest BCUT2D eigenvalue weighted by Gasteiger charge is 2.20. The van der Waals surface area contributed by atoms with Gasteiger partial charge in [-0.15, -0.1) is 11.6 Å². The molecule has 4 nitrogen and oxygen atoms in total. The van der Waals surface area contributed by atoms with E-state index in [1.807, 2.05) is 6.07 Å². The van der Waals surface area contributed by atoms with Gasteiger partial charge in [0, 0.05) is 29.2 Å². The molecule has 86 valence electrons. The number of nitrogens with zero attached hydrogens (tertiary/aromatic N) is 1. The lowest BCUT2D eigenvalue weighted by Gasteiger charge is -2.15. The minimum absolute atomic E-state index is 0.318. The molecule has 2 rings (SSSR count). The van der Waals surface area contributed by atoms with Gasteiger partial charge in [-0.1, -0.05) is 0 Å². The fraction of sp³-hybridized carbons (Fsp3) is 0.364. The zero-order valence-corrected chi connectivity index (χ0v) is 9.35. The second kappa shape index (κ2) is 4.82. The van der Waals surface area contributed by atoms with E-state index >= 15 is 0 Å². The van der Waals surface area contributed by atoms with Crippen molar-refractivity contribution in [1.82, 2.24) is 9.97 Å². The van der Waals surface area contributed by atoms with Crippen LogP contribution in [0, 0.1) is 0 Å². The van der Waals surface area contributed by atoms with Crippen LogP contribution in [0.25, 0.3) is 11.0 Å². The van der Waals surface area contributed by atoms with Gasteiger partial charge in [0.15, 0.2) is 0 Å². The first-order valence-corrected chi connectivity index (χ1v) is 5.61. The first kappa shape index (κ1) is 11.4. The lowest BCUT2D eigenvalue weighted by atomic mass is 10.0. The summed E-state index contributed by atoms with van der Waals surface area (Å²) in [7, 11) is 0. The van der Waals surface area contributed by atoms with Crippen LogP contribution in [-0.2, 0) is 0 Å². The van der Waals surface area contributed by atoms with Gasteiger partial charge in [0.1, 0.15) is 11.8 Å². The standard InChI is InChI=1S/C11H13ClN2O2/c12-4-3-9(15)10(16)8-6-14-11-7(8)2-1-5-13-11/h1-2,5-6,9-10,15-16H,3-4H2,(H,13,14). The van der Waals surface area contributed by atoms with Gasteiger partial charge in [0.25, 0.3) is 0 Å². The van der Waals surface area contributed by atoms with Crippen molar-refractivity contribution in [3.05, 3.63) is 30.1 Å². The maximum absolute atomic E-state index is 9.95. The highest BCUT2D eigenvalue weighted by atomic mass is 35.5. The Hall–Kier alpha value is -1.10. The van der Waals surface area contributed by atoms with E-state index in [0.29, 0.717) is 23.5 Å². The fourth-order valence-electron chi connectivity index (χ4n) is 1.70. The Balaban J connectivity index is 2.32. The van der Waals surface area contributed by atoms with E-state index in [2.05, 4.69) is 9.97 Å². The van der Waals surface area contributed by atoms with E-state index in [-0.39, 0.29) is 0 Å².